The van der Waals surface area contributed by atoms with E-state index in [-0.39, 0.29) is 11.9 Å². The van der Waals surface area contributed by atoms with Gasteiger partial charge in [-0.3, -0.25) is 0 Å². The minimum Gasteiger partial charge on any atom is -0.493 e. The number of ether oxygens (including phenoxy) is 1. The number of benzene rings is 2. The Morgan fingerprint density at radius 3 is 2.84 bits per heavy atom. The maximum Gasteiger partial charge on any atom is 0.176 e. The lowest BCUT2D eigenvalue weighted by Crippen LogP contribution is -2.08. The Kier molecular flexibility index (Phi) is 3.72. The van der Waals surface area contributed by atoms with E-state index in [2.05, 4.69) is 15.3 Å². The first-order valence-electron chi connectivity index (χ1n) is 7.89. The molecule has 2 aromatic heterocycles. The minimum absolute atomic E-state index is 0.213. The quantitative estimate of drug-likeness (QED) is 0.585. The summed E-state index contributed by atoms with van der Waals surface area (Å²) in [5.41, 5.74) is 1.24. The van der Waals surface area contributed by atoms with Gasteiger partial charge in [0.2, 0.25) is 0 Å². The normalized spacial score (nSPS) is 12.4. The Balaban J connectivity index is 1.72. The minimum atomic E-state index is -0.362. The van der Waals surface area contributed by atoms with Crippen LogP contribution in [0.2, 0.25) is 0 Å². The lowest BCUT2D eigenvalue weighted by molar-refractivity contribution is 0.406. The summed E-state index contributed by atoms with van der Waals surface area (Å²) < 4.78 is 25.5. The van der Waals surface area contributed by atoms with Crippen LogP contribution < -0.4 is 10.1 Å². The lowest BCUT2D eigenvalue weighted by Gasteiger charge is -2.13. The highest BCUT2D eigenvalue weighted by Crippen LogP contribution is 2.32. The first kappa shape index (κ1) is 15.4. The molecule has 0 saturated heterocycles. The number of aromatic nitrogens is 2. The second-order valence-electron chi connectivity index (χ2n) is 5.75. The van der Waals surface area contributed by atoms with Crippen molar-refractivity contribution in [1.82, 2.24) is 9.97 Å². The predicted octanol–water partition coefficient (Wildman–Crippen LogP) is 4.70. The summed E-state index contributed by atoms with van der Waals surface area (Å²) in [4.78, 5) is 8.30. The molecule has 0 aliphatic heterocycles. The Morgan fingerprint density at radius 1 is 1.16 bits per heavy atom. The van der Waals surface area contributed by atoms with E-state index in [9.17, 15) is 4.39 Å². The average Bonchev–Trinajstić information content (AvgIpc) is 3.06. The molecule has 4 aromatic rings. The number of para-hydroxylation sites is 1. The van der Waals surface area contributed by atoms with Crippen molar-refractivity contribution in [3.8, 4) is 5.75 Å². The van der Waals surface area contributed by atoms with Crippen molar-refractivity contribution in [2.24, 2.45) is 0 Å². The highest BCUT2D eigenvalue weighted by Gasteiger charge is 2.16. The van der Waals surface area contributed by atoms with Crippen molar-refractivity contribution in [2.75, 3.05) is 12.4 Å². The van der Waals surface area contributed by atoms with Crippen molar-refractivity contribution in [1.29, 1.82) is 0 Å². The number of nitrogens with zero attached hydrogens (tertiary/aromatic N) is 2. The SMILES string of the molecule is COc1cccc2cc(C(C)Nc3ncnc4cccc(F)c34)oc12. The maximum atomic E-state index is 14.2. The summed E-state index contributed by atoms with van der Waals surface area (Å²) in [6, 6.07) is 12.2. The summed E-state index contributed by atoms with van der Waals surface area (Å²) in [6.45, 7) is 1.93. The third kappa shape index (κ3) is 2.65. The molecule has 1 N–H and O–H groups in total. The molecule has 4 rings (SSSR count). The molecule has 1 unspecified atom stereocenters. The van der Waals surface area contributed by atoms with Gasteiger partial charge in [-0.1, -0.05) is 18.2 Å². The third-order valence-electron chi connectivity index (χ3n) is 4.14. The first-order valence-corrected chi connectivity index (χ1v) is 7.89. The van der Waals surface area contributed by atoms with Crippen LogP contribution in [-0.2, 0) is 0 Å². The number of anilines is 1. The van der Waals surface area contributed by atoms with Crippen LogP contribution in [0.25, 0.3) is 21.9 Å². The number of nitrogens with one attached hydrogen (secondary N) is 1. The Labute approximate surface area is 143 Å². The van der Waals surface area contributed by atoms with Gasteiger partial charge in [-0.15, -0.1) is 0 Å². The first-order chi connectivity index (χ1) is 12.2. The number of furan rings is 1. The number of hydrogen-bond donors (Lipinski definition) is 1. The maximum absolute atomic E-state index is 14.2. The molecule has 0 bridgehead atoms. The fraction of sp³-hybridized carbons (Fsp3) is 0.158. The molecule has 2 aromatic carbocycles. The second kappa shape index (κ2) is 6.05. The van der Waals surface area contributed by atoms with E-state index < -0.39 is 0 Å². The number of methoxy groups -OCH3 is 1. The van der Waals surface area contributed by atoms with E-state index in [0.717, 1.165) is 5.39 Å². The fourth-order valence-electron chi connectivity index (χ4n) is 2.88. The summed E-state index contributed by atoms with van der Waals surface area (Å²) in [6.07, 6.45) is 1.42. The number of hydrogen-bond acceptors (Lipinski definition) is 5. The Bertz CT molecular complexity index is 1060. The largest absolute Gasteiger partial charge is 0.493 e. The van der Waals surface area contributed by atoms with Gasteiger partial charge in [-0.25, -0.2) is 14.4 Å². The standard InChI is InChI=1S/C19H16FN3O2/c1-11(16-9-12-5-3-8-15(24-2)18(12)25-16)23-19-17-13(20)6-4-7-14(17)21-10-22-19/h3-11H,1-2H3,(H,21,22,23). The van der Waals surface area contributed by atoms with Crippen molar-refractivity contribution in [3.05, 3.63) is 60.4 Å². The van der Waals surface area contributed by atoms with E-state index in [1.54, 1.807) is 19.2 Å². The highest BCUT2D eigenvalue weighted by molar-refractivity contribution is 5.89. The molecule has 0 spiro atoms. The molecule has 5 nitrogen and oxygen atoms in total. The van der Waals surface area contributed by atoms with Crippen molar-refractivity contribution < 1.29 is 13.5 Å². The van der Waals surface area contributed by atoms with Crippen LogP contribution >= 0.6 is 0 Å². The van der Waals surface area contributed by atoms with Gasteiger partial charge < -0.3 is 14.5 Å². The summed E-state index contributed by atoms with van der Waals surface area (Å²) in [7, 11) is 1.61. The van der Waals surface area contributed by atoms with E-state index >= 15 is 0 Å². The van der Waals surface area contributed by atoms with Crippen LogP contribution in [-0.4, -0.2) is 17.1 Å². The van der Waals surface area contributed by atoms with Crippen molar-refractivity contribution >= 4 is 27.7 Å². The van der Waals surface area contributed by atoms with Crippen LogP contribution in [0.3, 0.4) is 0 Å². The zero-order valence-corrected chi connectivity index (χ0v) is 13.8. The number of halogens is 1. The Hall–Kier alpha value is -3.15. The Morgan fingerprint density at radius 2 is 2.00 bits per heavy atom. The number of rotatable bonds is 4. The van der Waals surface area contributed by atoms with Gasteiger partial charge in [0.1, 0.15) is 23.7 Å². The van der Waals surface area contributed by atoms with Gasteiger partial charge in [0.05, 0.1) is 24.1 Å². The van der Waals surface area contributed by atoms with E-state index in [0.29, 0.717) is 33.8 Å². The van der Waals surface area contributed by atoms with Crippen LogP contribution in [0, 0.1) is 5.82 Å². The topological polar surface area (TPSA) is 60.2 Å². The second-order valence-corrected chi connectivity index (χ2v) is 5.75. The van der Waals surface area contributed by atoms with Gasteiger partial charge in [0.15, 0.2) is 11.3 Å². The molecule has 6 heteroatoms. The zero-order valence-electron chi connectivity index (χ0n) is 13.8. The molecule has 2 heterocycles. The van der Waals surface area contributed by atoms with Crippen molar-refractivity contribution in [2.45, 2.75) is 13.0 Å². The third-order valence-corrected chi connectivity index (χ3v) is 4.14. The number of fused-ring (bicyclic) bond motifs is 2. The van der Waals surface area contributed by atoms with Gasteiger partial charge in [0.25, 0.3) is 0 Å². The average molecular weight is 337 g/mol. The van der Waals surface area contributed by atoms with Crippen LogP contribution in [0.4, 0.5) is 10.2 Å². The molecule has 0 radical (unpaired) electrons. The molecular formula is C19H16FN3O2. The highest BCUT2D eigenvalue weighted by atomic mass is 19.1. The molecule has 0 fully saturated rings. The smallest absolute Gasteiger partial charge is 0.176 e. The predicted molar refractivity (Wildman–Crippen MR) is 94.3 cm³/mol. The summed E-state index contributed by atoms with van der Waals surface area (Å²) in [5, 5.41) is 4.53. The summed E-state index contributed by atoms with van der Waals surface area (Å²) >= 11 is 0. The molecule has 25 heavy (non-hydrogen) atoms. The molecule has 0 aliphatic carbocycles. The van der Waals surface area contributed by atoms with Gasteiger partial charge in [-0.2, -0.15) is 0 Å². The van der Waals surface area contributed by atoms with Crippen LogP contribution in [0.1, 0.15) is 18.7 Å². The zero-order chi connectivity index (χ0) is 17.4. The molecule has 0 saturated carbocycles. The molecular weight excluding hydrogens is 321 g/mol. The fourth-order valence-corrected chi connectivity index (χ4v) is 2.88. The van der Waals surface area contributed by atoms with Crippen molar-refractivity contribution in [3.63, 3.8) is 0 Å². The molecule has 126 valence electrons. The van der Waals surface area contributed by atoms with E-state index in [4.69, 9.17) is 9.15 Å². The van der Waals surface area contributed by atoms with E-state index in [1.165, 1.54) is 12.4 Å². The molecule has 1 atom stereocenters. The lowest BCUT2D eigenvalue weighted by atomic mass is 10.2. The van der Waals surface area contributed by atoms with Crippen LogP contribution in [0.5, 0.6) is 5.75 Å². The van der Waals surface area contributed by atoms with Gasteiger partial charge >= 0.3 is 0 Å². The van der Waals surface area contributed by atoms with E-state index in [1.807, 2.05) is 31.2 Å². The van der Waals surface area contributed by atoms with Gasteiger partial charge in [0, 0.05) is 5.39 Å². The van der Waals surface area contributed by atoms with Crippen LogP contribution in [0.15, 0.2) is 53.2 Å². The molecule has 0 aliphatic rings. The monoisotopic (exact) mass is 337 g/mol. The molecule has 0 amide bonds. The van der Waals surface area contributed by atoms with Gasteiger partial charge in [-0.05, 0) is 31.2 Å². The summed E-state index contributed by atoms with van der Waals surface area (Å²) in [5.74, 6) is 1.46.